The van der Waals surface area contributed by atoms with Gasteiger partial charge < -0.3 is 10.8 Å². The molecule has 0 fully saturated rings. The van der Waals surface area contributed by atoms with Gasteiger partial charge in [0.2, 0.25) is 0 Å². The molecule has 0 bridgehead atoms. The average Bonchev–Trinajstić information content (AvgIpc) is 2.07. The number of aliphatic hydroxyl groups is 1. The van der Waals surface area contributed by atoms with E-state index in [0.29, 0.717) is 19.1 Å². The van der Waals surface area contributed by atoms with Crippen molar-refractivity contribution < 1.29 is 5.11 Å². The molecule has 0 spiro atoms. The SMILES string of the molecule is C=CCN(CCO)C(CC)CN. The first-order valence-corrected chi connectivity index (χ1v) is 4.46. The molecule has 0 radical (unpaired) electrons. The van der Waals surface area contributed by atoms with Gasteiger partial charge in [-0.15, -0.1) is 6.58 Å². The minimum Gasteiger partial charge on any atom is -0.395 e. The van der Waals surface area contributed by atoms with E-state index in [9.17, 15) is 0 Å². The van der Waals surface area contributed by atoms with Gasteiger partial charge >= 0.3 is 0 Å². The molecule has 72 valence electrons. The molecule has 0 heterocycles. The summed E-state index contributed by atoms with van der Waals surface area (Å²) in [6.45, 7) is 8.08. The van der Waals surface area contributed by atoms with Gasteiger partial charge in [0.25, 0.3) is 0 Å². The second-order valence-electron chi connectivity index (χ2n) is 2.80. The van der Waals surface area contributed by atoms with E-state index in [-0.39, 0.29) is 6.61 Å². The Morgan fingerprint density at radius 2 is 2.33 bits per heavy atom. The fourth-order valence-corrected chi connectivity index (χ4v) is 1.29. The smallest absolute Gasteiger partial charge is 0.0558 e. The Labute approximate surface area is 74.9 Å². The Hall–Kier alpha value is -0.380. The maximum Gasteiger partial charge on any atom is 0.0558 e. The van der Waals surface area contributed by atoms with Crippen LogP contribution in [0.25, 0.3) is 0 Å². The number of nitrogens with two attached hydrogens (primary N) is 1. The van der Waals surface area contributed by atoms with Crippen molar-refractivity contribution in [1.29, 1.82) is 0 Å². The summed E-state index contributed by atoms with van der Waals surface area (Å²) < 4.78 is 0. The highest BCUT2D eigenvalue weighted by Crippen LogP contribution is 2.01. The summed E-state index contributed by atoms with van der Waals surface area (Å²) in [4.78, 5) is 2.15. The third-order valence-corrected chi connectivity index (χ3v) is 2.01. The van der Waals surface area contributed by atoms with E-state index in [1.54, 1.807) is 0 Å². The molecule has 3 nitrogen and oxygen atoms in total. The van der Waals surface area contributed by atoms with Gasteiger partial charge in [-0.25, -0.2) is 0 Å². The van der Waals surface area contributed by atoms with Crippen LogP contribution in [0.15, 0.2) is 12.7 Å². The molecule has 1 unspecified atom stereocenters. The number of aliphatic hydroxyl groups excluding tert-OH is 1. The highest BCUT2D eigenvalue weighted by molar-refractivity contribution is 4.79. The van der Waals surface area contributed by atoms with Gasteiger partial charge in [0.1, 0.15) is 0 Å². The zero-order valence-electron chi connectivity index (χ0n) is 7.87. The van der Waals surface area contributed by atoms with E-state index >= 15 is 0 Å². The van der Waals surface area contributed by atoms with E-state index in [2.05, 4.69) is 18.4 Å². The van der Waals surface area contributed by atoms with E-state index in [4.69, 9.17) is 10.8 Å². The van der Waals surface area contributed by atoms with Crippen LogP contribution < -0.4 is 5.73 Å². The number of nitrogens with zero attached hydrogens (tertiary/aromatic N) is 1. The average molecular weight is 172 g/mol. The predicted octanol–water partition coefficient (Wildman–Crippen LogP) is 0.204. The van der Waals surface area contributed by atoms with Gasteiger partial charge in [0, 0.05) is 25.7 Å². The van der Waals surface area contributed by atoms with E-state index in [1.165, 1.54) is 0 Å². The minimum atomic E-state index is 0.185. The third kappa shape index (κ3) is 3.85. The fraction of sp³-hybridized carbons (Fsp3) is 0.778. The van der Waals surface area contributed by atoms with Crippen molar-refractivity contribution in [3.63, 3.8) is 0 Å². The van der Waals surface area contributed by atoms with Crippen LogP contribution in [-0.4, -0.2) is 42.3 Å². The molecule has 0 saturated carbocycles. The van der Waals surface area contributed by atoms with Gasteiger partial charge in [-0.3, -0.25) is 4.90 Å². The van der Waals surface area contributed by atoms with Crippen molar-refractivity contribution in [2.24, 2.45) is 5.73 Å². The molecule has 0 aliphatic carbocycles. The molecule has 12 heavy (non-hydrogen) atoms. The van der Waals surface area contributed by atoms with Crippen molar-refractivity contribution in [1.82, 2.24) is 4.90 Å². The minimum absolute atomic E-state index is 0.185. The second-order valence-corrected chi connectivity index (χ2v) is 2.80. The lowest BCUT2D eigenvalue weighted by molar-refractivity contribution is 0.164. The van der Waals surface area contributed by atoms with Crippen LogP contribution in [0.1, 0.15) is 13.3 Å². The molecule has 0 amide bonds. The lowest BCUT2D eigenvalue weighted by Crippen LogP contribution is -2.41. The molecule has 0 aliphatic heterocycles. The molecular formula is C9H20N2O. The molecule has 0 aromatic heterocycles. The van der Waals surface area contributed by atoms with Gasteiger partial charge in [0.15, 0.2) is 0 Å². The quantitative estimate of drug-likeness (QED) is 0.539. The van der Waals surface area contributed by atoms with Crippen LogP contribution in [0.5, 0.6) is 0 Å². The first-order chi connectivity index (χ1) is 5.79. The van der Waals surface area contributed by atoms with Crippen LogP contribution in [-0.2, 0) is 0 Å². The highest BCUT2D eigenvalue weighted by atomic mass is 16.3. The molecule has 3 heteroatoms. The third-order valence-electron chi connectivity index (χ3n) is 2.01. The lowest BCUT2D eigenvalue weighted by atomic mass is 10.2. The zero-order chi connectivity index (χ0) is 9.40. The van der Waals surface area contributed by atoms with E-state index in [1.807, 2.05) is 6.08 Å². The summed E-state index contributed by atoms with van der Waals surface area (Å²) in [6, 6.07) is 0.371. The van der Waals surface area contributed by atoms with Gasteiger partial charge in [-0.2, -0.15) is 0 Å². The molecular weight excluding hydrogens is 152 g/mol. The van der Waals surface area contributed by atoms with Crippen molar-refractivity contribution >= 4 is 0 Å². The van der Waals surface area contributed by atoms with Crippen molar-refractivity contribution in [3.05, 3.63) is 12.7 Å². The van der Waals surface area contributed by atoms with E-state index < -0.39 is 0 Å². The highest BCUT2D eigenvalue weighted by Gasteiger charge is 2.12. The maximum absolute atomic E-state index is 8.79. The molecule has 0 aromatic carbocycles. The van der Waals surface area contributed by atoms with Crippen LogP contribution in [0, 0.1) is 0 Å². The van der Waals surface area contributed by atoms with Gasteiger partial charge in [-0.05, 0) is 6.42 Å². The Bertz CT molecular complexity index is 113. The maximum atomic E-state index is 8.79. The Morgan fingerprint density at radius 1 is 1.67 bits per heavy atom. The van der Waals surface area contributed by atoms with Gasteiger partial charge in [-0.1, -0.05) is 13.0 Å². The van der Waals surface area contributed by atoms with E-state index in [0.717, 1.165) is 13.0 Å². The summed E-state index contributed by atoms with van der Waals surface area (Å²) in [5, 5.41) is 8.79. The summed E-state index contributed by atoms with van der Waals surface area (Å²) in [5.74, 6) is 0. The topological polar surface area (TPSA) is 49.5 Å². The largest absolute Gasteiger partial charge is 0.395 e. The van der Waals surface area contributed by atoms with Gasteiger partial charge in [0.05, 0.1) is 6.61 Å². The Morgan fingerprint density at radius 3 is 2.67 bits per heavy atom. The van der Waals surface area contributed by atoms with Crippen LogP contribution in [0.3, 0.4) is 0 Å². The van der Waals surface area contributed by atoms with Crippen molar-refractivity contribution in [3.8, 4) is 0 Å². The summed E-state index contributed by atoms with van der Waals surface area (Å²) in [7, 11) is 0. The Kier molecular flexibility index (Phi) is 7.05. The number of hydrogen-bond donors (Lipinski definition) is 2. The molecule has 3 N–H and O–H groups in total. The van der Waals surface area contributed by atoms with Crippen molar-refractivity contribution in [2.45, 2.75) is 19.4 Å². The standard InChI is InChI=1S/C9H20N2O/c1-3-5-11(6-7-12)9(4-2)8-10/h3,9,12H,1,4-8,10H2,2H3. The fourth-order valence-electron chi connectivity index (χ4n) is 1.29. The zero-order valence-corrected chi connectivity index (χ0v) is 7.87. The molecule has 0 saturated heterocycles. The monoisotopic (exact) mass is 172 g/mol. The first kappa shape index (κ1) is 11.6. The van der Waals surface area contributed by atoms with Crippen LogP contribution in [0.4, 0.5) is 0 Å². The molecule has 0 rings (SSSR count). The summed E-state index contributed by atoms with van der Waals surface area (Å²) in [5.41, 5.74) is 5.59. The predicted molar refractivity (Wildman–Crippen MR) is 52.0 cm³/mol. The molecule has 0 aromatic rings. The van der Waals surface area contributed by atoms with Crippen molar-refractivity contribution in [2.75, 3.05) is 26.2 Å². The number of hydrogen-bond acceptors (Lipinski definition) is 3. The first-order valence-electron chi connectivity index (χ1n) is 4.46. The summed E-state index contributed by atoms with van der Waals surface area (Å²) in [6.07, 6.45) is 2.86. The second kappa shape index (κ2) is 7.28. The molecule has 0 aliphatic rings. The van der Waals surface area contributed by atoms with Crippen LogP contribution >= 0.6 is 0 Å². The number of rotatable bonds is 7. The normalized spacial score (nSPS) is 13.3. The molecule has 1 atom stereocenters. The van der Waals surface area contributed by atoms with Crippen LogP contribution in [0.2, 0.25) is 0 Å². The Balaban J connectivity index is 3.94. The lowest BCUT2D eigenvalue weighted by Gasteiger charge is -2.28. The summed E-state index contributed by atoms with van der Waals surface area (Å²) >= 11 is 0.